The van der Waals surface area contributed by atoms with E-state index in [0.29, 0.717) is 11.3 Å². The molecule has 0 fully saturated rings. The maximum Gasteiger partial charge on any atom is 0.273 e. The summed E-state index contributed by atoms with van der Waals surface area (Å²) in [7, 11) is 3.04. The van der Waals surface area contributed by atoms with Gasteiger partial charge in [-0.1, -0.05) is 30.3 Å². The summed E-state index contributed by atoms with van der Waals surface area (Å²) in [5.74, 6) is -0.0665. The fraction of sp³-hybridized carbons (Fsp3) is 0.300. The molecule has 0 aliphatic carbocycles. The van der Waals surface area contributed by atoms with Crippen molar-refractivity contribution in [1.29, 1.82) is 0 Å². The first-order chi connectivity index (χ1) is 13.4. The average molecular weight is 385 g/mol. The topological polar surface area (TPSA) is 102 Å². The van der Waals surface area contributed by atoms with E-state index in [1.807, 2.05) is 6.07 Å². The fourth-order valence-electron chi connectivity index (χ4n) is 2.86. The highest BCUT2D eigenvalue weighted by atomic mass is 16.6. The van der Waals surface area contributed by atoms with Crippen LogP contribution in [0.5, 0.6) is 5.75 Å². The Labute approximate surface area is 163 Å². The summed E-state index contributed by atoms with van der Waals surface area (Å²) in [6.07, 6.45) is -0.178. The van der Waals surface area contributed by atoms with Crippen LogP contribution in [0.4, 0.5) is 5.69 Å². The van der Waals surface area contributed by atoms with Crippen LogP contribution in [0.3, 0.4) is 0 Å². The lowest BCUT2D eigenvalue weighted by atomic mass is 10.1. The van der Waals surface area contributed by atoms with E-state index >= 15 is 0 Å². The molecule has 0 aromatic heterocycles. The predicted octanol–water partition coefficient (Wildman–Crippen LogP) is 2.31. The minimum absolute atomic E-state index is 0.121. The molecule has 0 bridgehead atoms. The van der Waals surface area contributed by atoms with E-state index in [1.165, 1.54) is 18.0 Å². The second kappa shape index (κ2) is 9.50. The van der Waals surface area contributed by atoms with Crippen LogP contribution in [0.25, 0.3) is 0 Å². The maximum absolute atomic E-state index is 13.0. The van der Waals surface area contributed by atoms with Gasteiger partial charge in [-0.3, -0.25) is 19.7 Å². The molecule has 0 spiro atoms. The lowest BCUT2D eigenvalue weighted by Crippen LogP contribution is -2.47. The SMILES string of the molecule is CNC(=O)[C@H](C)N(Cc1cccc(OC)c1)C(=O)Cc1ccccc1[N+](=O)[O-]. The largest absolute Gasteiger partial charge is 0.497 e. The second-order valence-electron chi connectivity index (χ2n) is 6.23. The number of ether oxygens (including phenoxy) is 1. The van der Waals surface area contributed by atoms with Crippen molar-refractivity contribution in [2.45, 2.75) is 25.9 Å². The molecule has 2 amide bonds. The van der Waals surface area contributed by atoms with Gasteiger partial charge in [0.05, 0.1) is 18.5 Å². The minimum Gasteiger partial charge on any atom is -0.497 e. The van der Waals surface area contributed by atoms with Crippen LogP contribution in [-0.4, -0.2) is 41.8 Å². The third-order valence-electron chi connectivity index (χ3n) is 4.43. The average Bonchev–Trinajstić information content (AvgIpc) is 2.71. The summed E-state index contributed by atoms with van der Waals surface area (Å²) in [6.45, 7) is 1.79. The first-order valence-corrected chi connectivity index (χ1v) is 8.73. The molecule has 0 aliphatic heterocycles. The number of likely N-dealkylation sites (N-methyl/N-ethyl adjacent to an activating group) is 1. The number of hydrogen-bond donors (Lipinski definition) is 1. The Morgan fingerprint density at radius 3 is 2.57 bits per heavy atom. The standard InChI is InChI=1S/C20H23N3O5/c1-14(20(25)21-2)22(13-15-7-6-9-17(11-15)28-3)19(24)12-16-8-4-5-10-18(16)23(26)27/h4-11,14H,12-13H2,1-3H3,(H,21,25)/t14-/m0/s1. The molecule has 2 rings (SSSR count). The number of methoxy groups -OCH3 is 1. The maximum atomic E-state index is 13.0. The summed E-state index contributed by atoms with van der Waals surface area (Å²) >= 11 is 0. The number of nitro groups is 1. The van der Waals surface area contributed by atoms with E-state index in [9.17, 15) is 19.7 Å². The van der Waals surface area contributed by atoms with E-state index in [1.54, 1.807) is 50.4 Å². The quantitative estimate of drug-likeness (QED) is 0.555. The van der Waals surface area contributed by atoms with Gasteiger partial charge in [0, 0.05) is 25.2 Å². The molecule has 0 radical (unpaired) electrons. The molecule has 0 saturated heterocycles. The molecule has 0 aliphatic rings. The molecule has 0 heterocycles. The zero-order valence-corrected chi connectivity index (χ0v) is 16.0. The Morgan fingerprint density at radius 2 is 1.93 bits per heavy atom. The van der Waals surface area contributed by atoms with Crippen LogP contribution in [0.2, 0.25) is 0 Å². The Hall–Kier alpha value is -3.42. The van der Waals surface area contributed by atoms with Crippen LogP contribution in [0, 0.1) is 10.1 Å². The normalized spacial score (nSPS) is 11.4. The van der Waals surface area contributed by atoms with Gasteiger partial charge in [0.25, 0.3) is 5.69 Å². The number of rotatable bonds is 8. The number of para-hydroxylation sites is 1. The summed E-state index contributed by atoms with van der Waals surface area (Å²) in [5.41, 5.74) is 0.966. The predicted molar refractivity (Wildman–Crippen MR) is 104 cm³/mol. The summed E-state index contributed by atoms with van der Waals surface area (Å²) < 4.78 is 5.21. The second-order valence-corrected chi connectivity index (χ2v) is 6.23. The molecule has 0 unspecified atom stereocenters. The Morgan fingerprint density at radius 1 is 1.21 bits per heavy atom. The molecule has 8 heteroatoms. The van der Waals surface area contributed by atoms with Crippen molar-refractivity contribution in [2.24, 2.45) is 0 Å². The first-order valence-electron chi connectivity index (χ1n) is 8.73. The molecule has 28 heavy (non-hydrogen) atoms. The van der Waals surface area contributed by atoms with Crippen molar-refractivity contribution in [2.75, 3.05) is 14.2 Å². The van der Waals surface area contributed by atoms with Gasteiger partial charge >= 0.3 is 0 Å². The third-order valence-corrected chi connectivity index (χ3v) is 4.43. The summed E-state index contributed by atoms with van der Waals surface area (Å²) in [5, 5.41) is 13.8. The highest BCUT2D eigenvalue weighted by molar-refractivity contribution is 5.88. The van der Waals surface area contributed by atoms with Crippen LogP contribution in [0.15, 0.2) is 48.5 Å². The van der Waals surface area contributed by atoms with Crippen molar-refractivity contribution in [1.82, 2.24) is 10.2 Å². The zero-order chi connectivity index (χ0) is 20.7. The molecule has 2 aromatic carbocycles. The van der Waals surface area contributed by atoms with Gasteiger partial charge in [-0.2, -0.15) is 0 Å². The number of carbonyl (C=O) groups excluding carboxylic acids is 2. The Kier molecular flexibility index (Phi) is 7.08. The zero-order valence-electron chi connectivity index (χ0n) is 16.0. The number of hydrogen-bond acceptors (Lipinski definition) is 5. The molecule has 1 N–H and O–H groups in total. The van der Waals surface area contributed by atoms with Gasteiger partial charge in [-0.25, -0.2) is 0 Å². The van der Waals surface area contributed by atoms with Gasteiger partial charge < -0.3 is 15.0 Å². The van der Waals surface area contributed by atoms with E-state index < -0.39 is 11.0 Å². The van der Waals surface area contributed by atoms with Gasteiger partial charge in [0.2, 0.25) is 11.8 Å². The summed E-state index contributed by atoms with van der Waals surface area (Å²) in [4.78, 5) is 37.3. The van der Waals surface area contributed by atoms with Crippen LogP contribution in [0.1, 0.15) is 18.1 Å². The van der Waals surface area contributed by atoms with Crippen molar-refractivity contribution < 1.29 is 19.2 Å². The highest BCUT2D eigenvalue weighted by Gasteiger charge is 2.27. The lowest BCUT2D eigenvalue weighted by molar-refractivity contribution is -0.385. The smallest absolute Gasteiger partial charge is 0.273 e. The molecule has 1 atom stereocenters. The number of benzene rings is 2. The van der Waals surface area contributed by atoms with Crippen molar-refractivity contribution in [3.05, 3.63) is 69.8 Å². The van der Waals surface area contributed by atoms with Gasteiger partial charge in [0.15, 0.2) is 0 Å². The number of carbonyl (C=O) groups is 2. The molecule has 2 aromatic rings. The van der Waals surface area contributed by atoms with Crippen molar-refractivity contribution >= 4 is 17.5 Å². The fourth-order valence-corrected chi connectivity index (χ4v) is 2.86. The van der Waals surface area contributed by atoms with E-state index in [-0.39, 0.29) is 30.5 Å². The van der Waals surface area contributed by atoms with Gasteiger partial charge in [-0.05, 0) is 24.6 Å². The first kappa shape index (κ1) is 20.9. The molecule has 8 nitrogen and oxygen atoms in total. The van der Waals surface area contributed by atoms with Crippen molar-refractivity contribution in [3.8, 4) is 5.75 Å². The third kappa shape index (κ3) is 5.06. The van der Waals surface area contributed by atoms with E-state index in [0.717, 1.165) is 5.56 Å². The van der Waals surface area contributed by atoms with Crippen LogP contribution in [-0.2, 0) is 22.6 Å². The highest BCUT2D eigenvalue weighted by Crippen LogP contribution is 2.21. The summed E-state index contributed by atoms with van der Waals surface area (Å²) in [6, 6.07) is 12.5. The molecule has 0 saturated carbocycles. The molecular weight excluding hydrogens is 362 g/mol. The minimum atomic E-state index is -0.744. The number of nitrogens with zero attached hydrogens (tertiary/aromatic N) is 2. The monoisotopic (exact) mass is 385 g/mol. The lowest BCUT2D eigenvalue weighted by Gasteiger charge is -2.28. The Balaban J connectivity index is 2.31. The molecule has 148 valence electrons. The van der Waals surface area contributed by atoms with Crippen molar-refractivity contribution in [3.63, 3.8) is 0 Å². The van der Waals surface area contributed by atoms with Crippen LogP contribution < -0.4 is 10.1 Å². The molecular formula is C20H23N3O5. The van der Waals surface area contributed by atoms with E-state index in [4.69, 9.17) is 4.74 Å². The number of nitro benzene ring substituents is 1. The van der Waals surface area contributed by atoms with Crippen LogP contribution >= 0.6 is 0 Å². The number of nitrogens with one attached hydrogen (secondary N) is 1. The Bertz CT molecular complexity index is 868. The van der Waals surface area contributed by atoms with Gasteiger partial charge in [0.1, 0.15) is 11.8 Å². The van der Waals surface area contributed by atoms with E-state index in [2.05, 4.69) is 5.32 Å². The van der Waals surface area contributed by atoms with Gasteiger partial charge in [-0.15, -0.1) is 0 Å². The number of amides is 2.